The average molecular weight is 417 g/mol. The molecule has 1 heterocycles. The first-order valence-electron chi connectivity index (χ1n) is 9.42. The molecule has 0 fully saturated rings. The smallest absolute Gasteiger partial charge is 0.269 e. The van der Waals surface area contributed by atoms with Crippen molar-refractivity contribution >= 4 is 23.4 Å². The van der Waals surface area contributed by atoms with E-state index in [1.54, 1.807) is 49.4 Å². The summed E-state index contributed by atoms with van der Waals surface area (Å²) in [5.74, 6) is 0.806. The van der Waals surface area contributed by atoms with Crippen LogP contribution in [0.2, 0.25) is 0 Å². The Kier molecular flexibility index (Phi) is 6.48. The van der Waals surface area contributed by atoms with Crippen molar-refractivity contribution in [3.05, 3.63) is 81.6 Å². The van der Waals surface area contributed by atoms with Gasteiger partial charge in [-0.05, 0) is 49.7 Å². The normalized spacial score (nSPS) is 10.9. The quantitative estimate of drug-likeness (QED) is 0.247. The fraction of sp³-hybridized carbons (Fsp3) is 0.130. The number of carbonyl (C=O) groups excluding carboxylic acids is 1. The topological polar surface area (TPSA) is 118 Å². The predicted octanol–water partition coefficient (Wildman–Crippen LogP) is 5.11. The van der Waals surface area contributed by atoms with Gasteiger partial charge in [0.25, 0.3) is 11.6 Å². The molecule has 8 heteroatoms. The minimum Gasteiger partial charge on any atom is -0.494 e. The van der Waals surface area contributed by atoms with Crippen LogP contribution in [-0.2, 0) is 4.79 Å². The molecule has 2 aromatic carbocycles. The maximum absolute atomic E-state index is 12.5. The van der Waals surface area contributed by atoms with Crippen molar-refractivity contribution in [3.63, 3.8) is 0 Å². The van der Waals surface area contributed by atoms with Crippen LogP contribution >= 0.6 is 0 Å². The van der Waals surface area contributed by atoms with E-state index >= 15 is 0 Å². The fourth-order valence-corrected chi connectivity index (χ4v) is 2.93. The Labute approximate surface area is 178 Å². The lowest BCUT2D eigenvalue weighted by molar-refractivity contribution is -0.384. The standard InChI is InChI=1S/C23H19N3O5/c1-3-30-19-6-4-5-17(13-19)25-23(27)16(14-24)12-20-8-10-22(31-20)21-9-7-18(26(28)29)11-15(21)2/h4-13H,3H2,1-2H3,(H,25,27)/b16-12+. The number of non-ortho nitro benzene ring substituents is 1. The number of nitro benzene ring substituents is 1. The summed E-state index contributed by atoms with van der Waals surface area (Å²) in [5, 5.41) is 23.0. The summed E-state index contributed by atoms with van der Waals surface area (Å²) in [6, 6.07) is 16.5. The van der Waals surface area contributed by atoms with Crippen LogP contribution in [0.15, 0.2) is 64.6 Å². The number of furan rings is 1. The highest BCUT2D eigenvalue weighted by Crippen LogP contribution is 2.29. The van der Waals surface area contributed by atoms with Crippen LogP contribution in [0.4, 0.5) is 11.4 Å². The molecule has 1 amide bonds. The molecule has 1 aromatic heterocycles. The first-order valence-corrected chi connectivity index (χ1v) is 9.42. The summed E-state index contributed by atoms with van der Waals surface area (Å²) in [7, 11) is 0. The fourth-order valence-electron chi connectivity index (χ4n) is 2.93. The Morgan fingerprint density at radius 3 is 2.74 bits per heavy atom. The Hall–Kier alpha value is -4.38. The molecule has 0 spiro atoms. The lowest BCUT2D eigenvalue weighted by Crippen LogP contribution is -2.13. The number of carbonyl (C=O) groups is 1. The van der Waals surface area contributed by atoms with Gasteiger partial charge in [-0.25, -0.2) is 0 Å². The molecule has 0 aliphatic heterocycles. The van der Waals surface area contributed by atoms with Gasteiger partial charge >= 0.3 is 0 Å². The second-order valence-corrected chi connectivity index (χ2v) is 6.54. The second-order valence-electron chi connectivity index (χ2n) is 6.54. The summed E-state index contributed by atoms with van der Waals surface area (Å²) in [4.78, 5) is 22.9. The van der Waals surface area contributed by atoms with Crippen molar-refractivity contribution in [1.82, 2.24) is 0 Å². The highest BCUT2D eigenvalue weighted by atomic mass is 16.6. The lowest BCUT2D eigenvalue weighted by atomic mass is 10.1. The molecule has 0 unspecified atom stereocenters. The molecule has 0 saturated heterocycles. The molecular formula is C23H19N3O5. The van der Waals surface area contributed by atoms with Gasteiger partial charge < -0.3 is 14.5 Å². The van der Waals surface area contributed by atoms with Crippen molar-refractivity contribution in [1.29, 1.82) is 5.26 Å². The number of hydrogen-bond donors (Lipinski definition) is 1. The maximum atomic E-state index is 12.5. The molecule has 0 aliphatic rings. The first kappa shape index (κ1) is 21.3. The van der Waals surface area contributed by atoms with Crippen LogP contribution in [0.3, 0.4) is 0 Å². The van der Waals surface area contributed by atoms with Gasteiger partial charge in [-0.2, -0.15) is 5.26 Å². The van der Waals surface area contributed by atoms with E-state index in [1.807, 2.05) is 13.0 Å². The number of nitrogens with one attached hydrogen (secondary N) is 1. The third kappa shape index (κ3) is 5.16. The minimum atomic E-state index is -0.583. The van der Waals surface area contributed by atoms with Crippen LogP contribution in [0.25, 0.3) is 17.4 Å². The monoisotopic (exact) mass is 417 g/mol. The van der Waals surface area contributed by atoms with E-state index in [0.717, 1.165) is 0 Å². The average Bonchev–Trinajstić information content (AvgIpc) is 3.20. The number of aryl methyl sites for hydroxylation is 1. The van der Waals surface area contributed by atoms with Gasteiger partial charge in [0.1, 0.15) is 28.9 Å². The molecule has 0 atom stereocenters. The van der Waals surface area contributed by atoms with E-state index < -0.39 is 10.8 Å². The molecule has 156 valence electrons. The van der Waals surface area contributed by atoms with E-state index in [0.29, 0.717) is 40.7 Å². The van der Waals surface area contributed by atoms with Gasteiger partial charge in [-0.1, -0.05) is 6.07 Å². The van der Waals surface area contributed by atoms with Gasteiger partial charge in [0, 0.05) is 35.5 Å². The van der Waals surface area contributed by atoms with Crippen molar-refractivity contribution in [2.45, 2.75) is 13.8 Å². The molecule has 0 saturated carbocycles. The van der Waals surface area contributed by atoms with Gasteiger partial charge in [0.15, 0.2) is 0 Å². The van der Waals surface area contributed by atoms with Crippen molar-refractivity contribution < 1.29 is 18.9 Å². The van der Waals surface area contributed by atoms with Crippen LogP contribution in [0, 0.1) is 28.4 Å². The zero-order valence-corrected chi connectivity index (χ0v) is 16.9. The van der Waals surface area contributed by atoms with Crippen molar-refractivity contribution in [2.24, 2.45) is 0 Å². The summed E-state index contributed by atoms with van der Waals surface area (Å²) in [6.45, 7) is 4.10. The largest absolute Gasteiger partial charge is 0.494 e. The summed E-state index contributed by atoms with van der Waals surface area (Å²) in [6.07, 6.45) is 1.34. The van der Waals surface area contributed by atoms with E-state index in [-0.39, 0.29) is 11.3 Å². The number of hydrogen-bond acceptors (Lipinski definition) is 6. The van der Waals surface area contributed by atoms with Gasteiger partial charge in [-0.3, -0.25) is 14.9 Å². The van der Waals surface area contributed by atoms with Gasteiger partial charge in [0.2, 0.25) is 0 Å². The van der Waals surface area contributed by atoms with E-state index in [2.05, 4.69) is 5.32 Å². The first-order chi connectivity index (χ1) is 14.9. The molecule has 1 N–H and O–H groups in total. The zero-order chi connectivity index (χ0) is 22.4. The number of benzene rings is 2. The van der Waals surface area contributed by atoms with Gasteiger partial charge in [0.05, 0.1) is 11.5 Å². The summed E-state index contributed by atoms with van der Waals surface area (Å²) < 4.78 is 11.1. The van der Waals surface area contributed by atoms with Crippen LogP contribution in [-0.4, -0.2) is 17.4 Å². The van der Waals surface area contributed by atoms with Gasteiger partial charge in [-0.15, -0.1) is 0 Å². The predicted molar refractivity (Wildman–Crippen MR) is 115 cm³/mol. The molecule has 31 heavy (non-hydrogen) atoms. The number of anilines is 1. The van der Waals surface area contributed by atoms with E-state index in [1.165, 1.54) is 18.2 Å². The lowest BCUT2D eigenvalue weighted by Gasteiger charge is -2.07. The SMILES string of the molecule is CCOc1cccc(NC(=O)/C(C#N)=C/c2ccc(-c3ccc([N+](=O)[O-])cc3C)o2)c1. The molecule has 0 aliphatic carbocycles. The molecule has 0 radical (unpaired) electrons. The second kappa shape index (κ2) is 9.41. The summed E-state index contributed by atoms with van der Waals surface area (Å²) >= 11 is 0. The number of nitrogens with zero attached hydrogens (tertiary/aromatic N) is 2. The van der Waals surface area contributed by atoms with Crippen LogP contribution < -0.4 is 10.1 Å². The maximum Gasteiger partial charge on any atom is 0.269 e. The molecule has 8 nitrogen and oxygen atoms in total. The van der Waals surface area contributed by atoms with Crippen LogP contribution in [0.1, 0.15) is 18.2 Å². The number of nitriles is 1. The van der Waals surface area contributed by atoms with Crippen LogP contribution in [0.5, 0.6) is 5.75 Å². The Morgan fingerprint density at radius 2 is 2.06 bits per heavy atom. The van der Waals surface area contributed by atoms with Crippen molar-refractivity contribution in [2.75, 3.05) is 11.9 Å². The molecule has 3 aromatic rings. The number of amides is 1. The minimum absolute atomic E-state index is 0.00947. The third-order valence-corrected chi connectivity index (χ3v) is 4.37. The summed E-state index contributed by atoms with van der Waals surface area (Å²) in [5.41, 5.74) is 1.71. The van der Waals surface area contributed by atoms with E-state index in [9.17, 15) is 20.2 Å². The Balaban J connectivity index is 1.80. The highest BCUT2D eigenvalue weighted by molar-refractivity contribution is 6.09. The zero-order valence-electron chi connectivity index (χ0n) is 16.9. The van der Waals surface area contributed by atoms with Crippen molar-refractivity contribution in [3.8, 4) is 23.1 Å². The Bertz CT molecular complexity index is 1200. The molecule has 0 bridgehead atoms. The molecule has 3 rings (SSSR count). The third-order valence-electron chi connectivity index (χ3n) is 4.37. The Morgan fingerprint density at radius 1 is 1.26 bits per heavy atom. The molecular weight excluding hydrogens is 398 g/mol. The number of rotatable bonds is 7. The van der Waals surface area contributed by atoms with E-state index in [4.69, 9.17) is 9.15 Å². The number of nitro groups is 1. The number of ether oxygens (including phenoxy) is 1. The highest BCUT2D eigenvalue weighted by Gasteiger charge is 2.14.